The number of anilines is 2. The number of benzene rings is 3. The van der Waals surface area contributed by atoms with E-state index in [1.165, 1.54) is 24.3 Å². The van der Waals surface area contributed by atoms with E-state index in [2.05, 4.69) is 5.32 Å². The first-order chi connectivity index (χ1) is 15.7. The molecule has 1 heterocycles. The average Bonchev–Trinajstić information content (AvgIpc) is 3.01. The van der Waals surface area contributed by atoms with Gasteiger partial charge in [0.1, 0.15) is 17.3 Å². The summed E-state index contributed by atoms with van der Waals surface area (Å²) in [7, 11) is 0. The molecule has 6 heteroatoms. The van der Waals surface area contributed by atoms with Gasteiger partial charge in [-0.1, -0.05) is 24.3 Å². The number of nitrogens with zero attached hydrogens (tertiary/aromatic N) is 1. The molecule has 0 aromatic heterocycles. The second kappa shape index (κ2) is 8.90. The summed E-state index contributed by atoms with van der Waals surface area (Å²) >= 11 is 0. The van der Waals surface area contributed by atoms with Crippen molar-refractivity contribution in [3.05, 3.63) is 94.9 Å². The van der Waals surface area contributed by atoms with E-state index in [0.29, 0.717) is 17.0 Å². The third-order valence-corrected chi connectivity index (χ3v) is 5.34. The van der Waals surface area contributed by atoms with Gasteiger partial charge in [-0.2, -0.15) is 0 Å². The molecule has 0 spiro atoms. The summed E-state index contributed by atoms with van der Waals surface area (Å²) in [6, 6.07) is 18.2. The SMILES string of the molecule is Cc1ccc(C)c(NC2=C(c3ccc(F)cc3)C(=O)N(c3ccc(OC(C)C)cc3)C2=O)c1. The maximum atomic E-state index is 13.6. The topological polar surface area (TPSA) is 58.6 Å². The number of halogens is 1. The fourth-order valence-electron chi connectivity index (χ4n) is 3.72. The Kier molecular flexibility index (Phi) is 6.01. The highest BCUT2D eigenvalue weighted by Gasteiger charge is 2.40. The third kappa shape index (κ3) is 4.51. The Bertz CT molecular complexity index is 1250. The number of nitrogens with one attached hydrogen (secondary N) is 1. The average molecular weight is 445 g/mol. The normalized spacial score (nSPS) is 13.8. The molecule has 4 rings (SSSR count). The Hall–Kier alpha value is -3.93. The van der Waals surface area contributed by atoms with Crippen LogP contribution in [0.4, 0.5) is 15.8 Å². The first-order valence-electron chi connectivity index (χ1n) is 10.7. The monoisotopic (exact) mass is 444 g/mol. The van der Waals surface area contributed by atoms with Crippen LogP contribution in [0.5, 0.6) is 5.75 Å². The van der Waals surface area contributed by atoms with Crippen molar-refractivity contribution >= 4 is 28.8 Å². The summed E-state index contributed by atoms with van der Waals surface area (Å²) in [5.74, 6) is -0.722. The predicted octanol–water partition coefficient (Wildman–Crippen LogP) is 5.63. The molecule has 0 saturated carbocycles. The number of aryl methyl sites for hydroxylation is 2. The molecular formula is C27H25FN2O3. The van der Waals surface area contributed by atoms with Crippen LogP contribution >= 0.6 is 0 Å². The molecule has 168 valence electrons. The van der Waals surface area contributed by atoms with Gasteiger partial charge in [0.2, 0.25) is 0 Å². The number of ether oxygens (including phenoxy) is 1. The van der Waals surface area contributed by atoms with Gasteiger partial charge in [0.15, 0.2) is 0 Å². The summed E-state index contributed by atoms with van der Waals surface area (Å²) in [5.41, 5.74) is 3.92. The van der Waals surface area contributed by atoms with Gasteiger partial charge in [-0.3, -0.25) is 9.59 Å². The number of carbonyl (C=O) groups excluding carboxylic acids is 2. The molecule has 3 aromatic rings. The molecule has 0 bridgehead atoms. The van der Waals surface area contributed by atoms with Crippen molar-refractivity contribution in [2.45, 2.75) is 33.8 Å². The van der Waals surface area contributed by atoms with Crippen molar-refractivity contribution in [2.75, 3.05) is 10.2 Å². The van der Waals surface area contributed by atoms with Crippen LogP contribution in [0.3, 0.4) is 0 Å². The molecule has 0 aliphatic carbocycles. The fourth-order valence-corrected chi connectivity index (χ4v) is 3.72. The quantitative estimate of drug-likeness (QED) is 0.501. The van der Waals surface area contributed by atoms with E-state index in [1.54, 1.807) is 24.3 Å². The number of hydrogen-bond acceptors (Lipinski definition) is 4. The van der Waals surface area contributed by atoms with Gasteiger partial charge in [-0.05, 0) is 86.8 Å². The zero-order valence-electron chi connectivity index (χ0n) is 19.0. The van der Waals surface area contributed by atoms with Crippen LogP contribution in [0.1, 0.15) is 30.5 Å². The minimum atomic E-state index is -0.475. The molecule has 0 radical (unpaired) electrons. The molecule has 0 unspecified atom stereocenters. The molecule has 1 aliphatic heterocycles. The van der Waals surface area contributed by atoms with Crippen molar-refractivity contribution in [3.63, 3.8) is 0 Å². The largest absolute Gasteiger partial charge is 0.491 e. The van der Waals surface area contributed by atoms with Crippen LogP contribution in [0.25, 0.3) is 5.57 Å². The van der Waals surface area contributed by atoms with Crippen LogP contribution in [0, 0.1) is 19.7 Å². The number of hydrogen-bond donors (Lipinski definition) is 1. The Labute approximate surface area is 192 Å². The molecule has 3 aromatic carbocycles. The predicted molar refractivity (Wildman–Crippen MR) is 128 cm³/mol. The highest BCUT2D eigenvalue weighted by Crippen LogP contribution is 2.35. The molecule has 2 amide bonds. The lowest BCUT2D eigenvalue weighted by molar-refractivity contribution is -0.120. The van der Waals surface area contributed by atoms with Gasteiger partial charge in [-0.15, -0.1) is 0 Å². The lowest BCUT2D eigenvalue weighted by Gasteiger charge is -2.17. The van der Waals surface area contributed by atoms with Gasteiger partial charge in [0.25, 0.3) is 11.8 Å². The van der Waals surface area contributed by atoms with E-state index in [0.717, 1.165) is 21.7 Å². The molecule has 1 N–H and O–H groups in total. The van der Waals surface area contributed by atoms with Gasteiger partial charge >= 0.3 is 0 Å². The van der Waals surface area contributed by atoms with Crippen molar-refractivity contribution in [2.24, 2.45) is 0 Å². The Morgan fingerprint density at radius 2 is 1.55 bits per heavy atom. The van der Waals surface area contributed by atoms with E-state index in [9.17, 15) is 14.0 Å². The van der Waals surface area contributed by atoms with E-state index in [1.807, 2.05) is 45.9 Å². The van der Waals surface area contributed by atoms with Gasteiger partial charge in [-0.25, -0.2) is 9.29 Å². The van der Waals surface area contributed by atoms with Crippen molar-refractivity contribution < 1.29 is 18.7 Å². The van der Waals surface area contributed by atoms with Crippen LogP contribution < -0.4 is 15.0 Å². The molecule has 33 heavy (non-hydrogen) atoms. The van der Waals surface area contributed by atoms with Crippen LogP contribution in [0.15, 0.2) is 72.4 Å². The van der Waals surface area contributed by atoms with E-state index in [-0.39, 0.29) is 17.4 Å². The minimum Gasteiger partial charge on any atom is -0.491 e. The number of rotatable bonds is 6. The van der Waals surface area contributed by atoms with E-state index in [4.69, 9.17) is 4.74 Å². The zero-order chi connectivity index (χ0) is 23.7. The molecule has 0 saturated heterocycles. The van der Waals surface area contributed by atoms with Crippen LogP contribution in [-0.4, -0.2) is 17.9 Å². The lowest BCUT2D eigenvalue weighted by atomic mass is 10.0. The van der Waals surface area contributed by atoms with E-state index >= 15 is 0 Å². The fraction of sp³-hybridized carbons (Fsp3) is 0.185. The van der Waals surface area contributed by atoms with Crippen molar-refractivity contribution in [3.8, 4) is 5.75 Å². The first kappa shape index (κ1) is 22.3. The summed E-state index contributed by atoms with van der Waals surface area (Å²) in [6.45, 7) is 7.72. The summed E-state index contributed by atoms with van der Waals surface area (Å²) in [4.78, 5) is 28.1. The summed E-state index contributed by atoms with van der Waals surface area (Å²) in [6.07, 6.45) is 0.00557. The van der Waals surface area contributed by atoms with Crippen molar-refractivity contribution in [1.82, 2.24) is 0 Å². The Morgan fingerprint density at radius 1 is 0.879 bits per heavy atom. The summed E-state index contributed by atoms with van der Waals surface area (Å²) in [5, 5.41) is 3.18. The highest BCUT2D eigenvalue weighted by molar-refractivity contribution is 6.46. The second-order valence-electron chi connectivity index (χ2n) is 8.31. The third-order valence-electron chi connectivity index (χ3n) is 5.34. The van der Waals surface area contributed by atoms with Gasteiger partial charge in [0.05, 0.1) is 17.4 Å². The molecule has 0 atom stereocenters. The zero-order valence-corrected chi connectivity index (χ0v) is 19.0. The minimum absolute atomic E-state index is 0.00557. The molecule has 5 nitrogen and oxygen atoms in total. The standard InChI is InChI=1S/C27H25FN2O3/c1-16(2)33-22-13-11-21(12-14-22)30-26(31)24(19-7-9-20(28)10-8-19)25(27(30)32)29-23-15-17(3)5-6-18(23)4/h5-16,29H,1-4H3. The van der Waals surface area contributed by atoms with Crippen molar-refractivity contribution in [1.29, 1.82) is 0 Å². The second-order valence-corrected chi connectivity index (χ2v) is 8.31. The first-order valence-corrected chi connectivity index (χ1v) is 10.7. The highest BCUT2D eigenvalue weighted by atomic mass is 19.1. The van der Waals surface area contributed by atoms with Crippen LogP contribution in [0.2, 0.25) is 0 Å². The number of amides is 2. The molecular weight excluding hydrogens is 419 g/mol. The van der Waals surface area contributed by atoms with Crippen LogP contribution in [-0.2, 0) is 9.59 Å². The maximum Gasteiger partial charge on any atom is 0.282 e. The van der Waals surface area contributed by atoms with E-state index < -0.39 is 17.6 Å². The van der Waals surface area contributed by atoms with Gasteiger partial charge in [0, 0.05) is 5.69 Å². The van der Waals surface area contributed by atoms with Gasteiger partial charge < -0.3 is 10.1 Å². The smallest absolute Gasteiger partial charge is 0.282 e. The molecule has 0 fully saturated rings. The lowest BCUT2D eigenvalue weighted by Crippen LogP contribution is -2.32. The number of imide groups is 1. The molecule has 1 aliphatic rings. The number of carbonyl (C=O) groups is 2. The Balaban J connectivity index is 1.77. The Morgan fingerprint density at radius 3 is 2.18 bits per heavy atom. The summed E-state index contributed by atoms with van der Waals surface area (Å²) < 4.78 is 19.2. The maximum absolute atomic E-state index is 13.6.